The number of nitrogens with zero attached hydrogens (tertiary/aromatic N) is 3. The standard InChI is InChI=1S/C14H14N4O3S2/c1-8-13(9-7-22-11(17-9)5-6-15)23-14(16-8)18-10(19)3-2-4-12(20)21/h7H,2-5H2,1H3,(H,20,21)(H,16,18,19). The van der Waals surface area contributed by atoms with Crippen molar-refractivity contribution in [3.63, 3.8) is 0 Å². The smallest absolute Gasteiger partial charge is 0.303 e. The molecule has 1 amide bonds. The highest BCUT2D eigenvalue weighted by atomic mass is 32.1. The highest BCUT2D eigenvalue weighted by Crippen LogP contribution is 2.33. The molecule has 0 atom stereocenters. The predicted molar refractivity (Wildman–Crippen MR) is 87.4 cm³/mol. The first-order chi connectivity index (χ1) is 11.0. The van der Waals surface area contributed by atoms with Gasteiger partial charge in [-0.25, -0.2) is 9.97 Å². The van der Waals surface area contributed by atoms with E-state index in [1.165, 1.54) is 22.7 Å². The van der Waals surface area contributed by atoms with E-state index in [0.717, 1.165) is 21.3 Å². The monoisotopic (exact) mass is 350 g/mol. The summed E-state index contributed by atoms with van der Waals surface area (Å²) in [6, 6.07) is 2.06. The largest absolute Gasteiger partial charge is 0.481 e. The minimum absolute atomic E-state index is 0.0317. The summed E-state index contributed by atoms with van der Waals surface area (Å²) in [7, 11) is 0. The molecule has 0 aliphatic rings. The second-order valence-electron chi connectivity index (χ2n) is 4.69. The molecule has 0 spiro atoms. The lowest BCUT2D eigenvalue weighted by molar-refractivity contribution is -0.137. The second-order valence-corrected chi connectivity index (χ2v) is 6.63. The van der Waals surface area contributed by atoms with E-state index in [-0.39, 0.29) is 25.2 Å². The zero-order chi connectivity index (χ0) is 16.8. The van der Waals surface area contributed by atoms with Crippen molar-refractivity contribution in [2.75, 3.05) is 5.32 Å². The first-order valence-electron chi connectivity index (χ1n) is 6.80. The van der Waals surface area contributed by atoms with Crippen molar-refractivity contribution in [3.8, 4) is 16.6 Å². The number of aliphatic carboxylic acids is 1. The summed E-state index contributed by atoms with van der Waals surface area (Å²) in [6.07, 6.45) is 0.678. The highest BCUT2D eigenvalue weighted by molar-refractivity contribution is 7.19. The molecule has 0 fully saturated rings. The number of aryl methyl sites for hydroxylation is 1. The van der Waals surface area contributed by atoms with E-state index < -0.39 is 5.97 Å². The molecule has 0 bridgehead atoms. The third-order valence-electron chi connectivity index (χ3n) is 2.85. The molecule has 9 heteroatoms. The molecule has 0 aliphatic heterocycles. The van der Waals surface area contributed by atoms with Crippen LogP contribution in [-0.4, -0.2) is 27.0 Å². The zero-order valence-corrected chi connectivity index (χ0v) is 14.0. The molecule has 0 unspecified atom stereocenters. The molecule has 0 aromatic carbocycles. The normalized spacial score (nSPS) is 10.3. The highest BCUT2D eigenvalue weighted by Gasteiger charge is 2.14. The van der Waals surface area contributed by atoms with Crippen molar-refractivity contribution in [2.24, 2.45) is 0 Å². The number of aromatic nitrogens is 2. The third-order valence-corrected chi connectivity index (χ3v) is 4.80. The fourth-order valence-corrected chi connectivity index (χ4v) is 3.57. The van der Waals surface area contributed by atoms with Gasteiger partial charge in [0.15, 0.2) is 5.13 Å². The third kappa shape index (κ3) is 4.84. The molecule has 0 aliphatic carbocycles. The summed E-state index contributed by atoms with van der Waals surface area (Å²) in [5, 5.41) is 23.0. The molecule has 0 saturated heterocycles. The van der Waals surface area contributed by atoms with Gasteiger partial charge in [0.25, 0.3) is 0 Å². The van der Waals surface area contributed by atoms with Crippen LogP contribution >= 0.6 is 22.7 Å². The molecule has 0 saturated carbocycles. The average molecular weight is 350 g/mol. The van der Waals surface area contributed by atoms with Crippen molar-refractivity contribution in [1.82, 2.24) is 9.97 Å². The lowest BCUT2D eigenvalue weighted by Gasteiger charge is -1.99. The number of carboxylic acids is 1. The van der Waals surface area contributed by atoms with Crippen LogP contribution in [0, 0.1) is 18.3 Å². The number of nitrogens with one attached hydrogen (secondary N) is 1. The summed E-state index contributed by atoms with van der Waals surface area (Å²) < 4.78 is 0. The number of rotatable bonds is 7. The summed E-state index contributed by atoms with van der Waals surface area (Å²) in [4.78, 5) is 31.7. The number of thiazole rings is 2. The van der Waals surface area contributed by atoms with Crippen LogP contribution in [0.25, 0.3) is 10.6 Å². The molecule has 2 rings (SSSR count). The molecule has 2 aromatic heterocycles. The molecule has 0 radical (unpaired) electrons. The summed E-state index contributed by atoms with van der Waals surface area (Å²) in [5.41, 5.74) is 1.51. The van der Waals surface area contributed by atoms with E-state index in [0.29, 0.717) is 11.6 Å². The summed E-state index contributed by atoms with van der Waals surface area (Å²) in [5.74, 6) is -1.17. The van der Waals surface area contributed by atoms with Gasteiger partial charge in [0.1, 0.15) is 5.01 Å². The van der Waals surface area contributed by atoms with Gasteiger partial charge in [-0.05, 0) is 13.3 Å². The molecule has 7 nitrogen and oxygen atoms in total. The first kappa shape index (κ1) is 17.1. The molecular weight excluding hydrogens is 336 g/mol. The van der Waals surface area contributed by atoms with Gasteiger partial charge in [0, 0.05) is 18.2 Å². The fraction of sp³-hybridized carbons (Fsp3) is 0.357. The Labute approximate surface area is 140 Å². The predicted octanol–water partition coefficient (Wildman–Crippen LogP) is 2.83. The lowest BCUT2D eigenvalue weighted by atomic mass is 10.2. The SMILES string of the molecule is Cc1nc(NC(=O)CCCC(=O)O)sc1-c1csc(CC#N)n1. The molecule has 2 aromatic rings. The first-order valence-corrected chi connectivity index (χ1v) is 8.50. The Morgan fingerprint density at radius 2 is 2.17 bits per heavy atom. The number of anilines is 1. The number of hydrogen-bond donors (Lipinski definition) is 2. The number of carbonyl (C=O) groups is 2. The van der Waals surface area contributed by atoms with Gasteiger partial charge in [0.2, 0.25) is 5.91 Å². The maximum Gasteiger partial charge on any atom is 0.303 e. The van der Waals surface area contributed by atoms with E-state index in [4.69, 9.17) is 10.4 Å². The fourth-order valence-electron chi connectivity index (χ4n) is 1.83. The van der Waals surface area contributed by atoms with Gasteiger partial charge in [0.05, 0.1) is 28.8 Å². The van der Waals surface area contributed by atoms with Crippen LogP contribution in [0.4, 0.5) is 5.13 Å². The Hall–Kier alpha value is -2.31. The van der Waals surface area contributed by atoms with Crippen molar-refractivity contribution >= 4 is 39.7 Å². The van der Waals surface area contributed by atoms with E-state index in [1.807, 2.05) is 12.3 Å². The van der Waals surface area contributed by atoms with Crippen LogP contribution < -0.4 is 5.32 Å². The Morgan fingerprint density at radius 3 is 2.87 bits per heavy atom. The Kier molecular flexibility index (Phi) is 5.78. The van der Waals surface area contributed by atoms with Crippen molar-refractivity contribution in [1.29, 1.82) is 5.26 Å². The lowest BCUT2D eigenvalue weighted by Crippen LogP contribution is -2.11. The molecular formula is C14H14N4O3S2. The Balaban J connectivity index is 2.01. The van der Waals surface area contributed by atoms with Crippen LogP contribution in [-0.2, 0) is 16.0 Å². The maximum atomic E-state index is 11.8. The van der Waals surface area contributed by atoms with Crippen LogP contribution in [0.5, 0.6) is 0 Å². The van der Waals surface area contributed by atoms with E-state index >= 15 is 0 Å². The van der Waals surface area contributed by atoms with E-state index in [2.05, 4.69) is 21.4 Å². The Bertz CT molecular complexity index is 760. The van der Waals surface area contributed by atoms with Crippen molar-refractivity contribution < 1.29 is 14.7 Å². The average Bonchev–Trinajstić information content (AvgIpc) is 3.05. The number of carbonyl (C=O) groups excluding carboxylic acids is 1. The minimum Gasteiger partial charge on any atom is -0.481 e. The topological polar surface area (TPSA) is 116 Å². The second kappa shape index (κ2) is 7.80. The Morgan fingerprint density at radius 1 is 1.39 bits per heavy atom. The van der Waals surface area contributed by atoms with Gasteiger partial charge in [-0.15, -0.1) is 11.3 Å². The van der Waals surface area contributed by atoms with Crippen molar-refractivity contribution in [2.45, 2.75) is 32.6 Å². The number of carboxylic acid groups (broad SMARTS) is 1. The van der Waals surface area contributed by atoms with Gasteiger partial charge in [-0.3, -0.25) is 9.59 Å². The van der Waals surface area contributed by atoms with Gasteiger partial charge >= 0.3 is 5.97 Å². The van der Waals surface area contributed by atoms with E-state index in [1.54, 1.807) is 0 Å². The van der Waals surface area contributed by atoms with Crippen LogP contribution in [0.15, 0.2) is 5.38 Å². The number of amides is 1. The van der Waals surface area contributed by atoms with Gasteiger partial charge in [-0.2, -0.15) is 5.26 Å². The molecule has 120 valence electrons. The summed E-state index contributed by atoms with van der Waals surface area (Å²) in [6.45, 7) is 1.83. The van der Waals surface area contributed by atoms with Crippen molar-refractivity contribution in [3.05, 3.63) is 16.1 Å². The molecule has 2 N–H and O–H groups in total. The number of hydrogen-bond acceptors (Lipinski definition) is 7. The van der Waals surface area contributed by atoms with Gasteiger partial charge in [-0.1, -0.05) is 11.3 Å². The van der Waals surface area contributed by atoms with Crippen LogP contribution in [0.2, 0.25) is 0 Å². The molecule has 2 heterocycles. The zero-order valence-electron chi connectivity index (χ0n) is 12.3. The molecule has 23 heavy (non-hydrogen) atoms. The van der Waals surface area contributed by atoms with Crippen LogP contribution in [0.3, 0.4) is 0 Å². The number of nitriles is 1. The maximum absolute atomic E-state index is 11.8. The van der Waals surface area contributed by atoms with Gasteiger partial charge < -0.3 is 10.4 Å². The van der Waals surface area contributed by atoms with E-state index in [9.17, 15) is 9.59 Å². The summed E-state index contributed by atoms with van der Waals surface area (Å²) >= 11 is 2.73. The quantitative estimate of drug-likeness (QED) is 0.793. The minimum atomic E-state index is -0.915. The van der Waals surface area contributed by atoms with Crippen LogP contribution in [0.1, 0.15) is 30.0 Å².